The minimum atomic E-state index is -1.24. The van der Waals surface area contributed by atoms with E-state index in [0.29, 0.717) is 10.6 Å². The van der Waals surface area contributed by atoms with Gasteiger partial charge in [0.25, 0.3) is 0 Å². The Hall–Kier alpha value is -3.41. The molecule has 0 aliphatic heterocycles. The summed E-state index contributed by atoms with van der Waals surface area (Å²) in [6, 6.07) is 7.60. The Morgan fingerprint density at radius 1 is 1.06 bits per heavy atom. The van der Waals surface area contributed by atoms with Crippen molar-refractivity contribution in [2.24, 2.45) is 5.84 Å². The summed E-state index contributed by atoms with van der Waals surface area (Å²) in [5.41, 5.74) is 0.169. The zero-order chi connectivity index (χ0) is 24.3. The molecule has 0 spiro atoms. The van der Waals surface area contributed by atoms with Gasteiger partial charge in [-0.2, -0.15) is 0 Å². The summed E-state index contributed by atoms with van der Waals surface area (Å²) < 4.78 is 5.33. The topological polar surface area (TPSA) is 163 Å². The second kappa shape index (κ2) is 12.4. The van der Waals surface area contributed by atoms with Gasteiger partial charge in [-0.05, 0) is 0 Å². The van der Waals surface area contributed by atoms with Crippen LogP contribution in [-0.2, 0) is 30.3 Å². The number of nitrogens with zero attached hydrogens (tertiary/aromatic N) is 1. The van der Waals surface area contributed by atoms with Gasteiger partial charge >= 0.3 is 159 Å². The average Bonchev–Trinajstić information content (AvgIpc) is 2.71. The molecule has 0 heterocycles. The van der Waals surface area contributed by atoms with Gasteiger partial charge in [-0.1, -0.05) is 18.2 Å². The fourth-order valence-corrected chi connectivity index (χ4v) is 2.47. The summed E-state index contributed by atoms with van der Waals surface area (Å²) in [5, 5.41) is 16.6. The molecule has 1 radical (unpaired) electrons. The number of benzene rings is 1. The van der Waals surface area contributed by atoms with E-state index >= 15 is 0 Å². The Balaban J connectivity index is 2.67. The standard InChI is InChI=1S/C20H29BN5O6/c1-20(2,3)32-19(21)25-10-15(27)23-11-16(28)26(22)14(18(31)24-12-17(29)30)9-13-7-5-4-6-8-13/h4-8,14,25H,9-12,22H2,1-3H3,(H,23,27)(H,24,31)(H,29,30)/t14-/m0/s1. The number of amides is 3. The van der Waals surface area contributed by atoms with Gasteiger partial charge in [-0.25, -0.2) is 0 Å². The number of nitrogens with one attached hydrogen (secondary N) is 3. The Labute approximate surface area is 187 Å². The molecule has 12 heteroatoms. The first-order chi connectivity index (χ1) is 14.9. The van der Waals surface area contributed by atoms with E-state index in [1.807, 2.05) is 0 Å². The second-order valence-corrected chi connectivity index (χ2v) is 7.83. The first kappa shape index (κ1) is 26.6. The van der Waals surface area contributed by atoms with Crippen LogP contribution in [0.4, 0.5) is 0 Å². The molecule has 173 valence electrons. The van der Waals surface area contributed by atoms with Crippen molar-refractivity contribution < 1.29 is 29.0 Å². The third-order valence-corrected chi connectivity index (χ3v) is 3.89. The molecule has 6 N–H and O–H groups in total. The molecule has 0 unspecified atom stereocenters. The minimum absolute atomic E-state index is 0.0440. The van der Waals surface area contributed by atoms with E-state index in [4.69, 9.17) is 23.2 Å². The zero-order valence-electron chi connectivity index (χ0n) is 18.4. The first-order valence-corrected chi connectivity index (χ1v) is 9.81. The molecule has 11 nitrogen and oxygen atoms in total. The van der Waals surface area contributed by atoms with Crippen LogP contribution in [-0.4, -0.2) is 78.3 Å². The maximum atomic E-state index is 12.5. The number of hydrazine groups is 1. The molecule has 0 saturated heterocycles. The molecule has 1 atom stereocenters. The number of carbonyl (C=O) groups is 4. The van der Waals surface area contributed by atoms with Crippen LogP contribution >= 0.6 is 0 Å². The van der Waals surface area contributed by atoms with Crippen LogP contribution in [0.1, 0.15) is 26.3 Å². The van der Waals surface area contributed by atoms with Crippen LogP contribution in [0.5, 0.6) is 0 Å². The summed E-state index contributed by atoms with van der Waals surface area (Å²) in [5.74, 6) is 2.55. The third kappa shape index (κ3) is 10.6. The SMILES string of the molecule is [B]=C(NCC(=O)NCC(=O)N(N)[C@@H](Cc1ccccc1)C(=O)NCC(=O)O)OC(C)(C)C. The molecule has 0 aliphatic carbocycles. The van der Waals surface area contributed by atoms with Gasteiger partial charge in [0.1, 0.15) is 0 Å². The number of carboxylic acids is 1. The number of aliphatic carboxylic acids is 1. The molecule has 3 amide bonds. The quantitative estimate of drug-likeness (QED) is 0.110. The molecule has 0 aromatic heterocycles. The van der Waals surface area contributed by atoms with Crippen LogP contribution < -0.4 is 21.8 Å². The van der Waals surface area contributed by atoms with Crippen molar-refractivity contribution in [2.75, 3.05) is 19.6 Å². The molecule has 0 aliphatic rings. The number of ether oxygens (including phenoxy) is 1. The number of hydrogen-bond acceptors (Lipinski definition) is 7. The Morgan fingerprint density at radius 2 is 1.69 bits per heavy atom. The van der Waals surface area contributed by atoms with Gasteiger partial charge in [0, 0.05) is 0 Å². The normalized spacial score (nSPS) is 11.6. The van der Waals surface area contributed by atoms with Crippen molar-refractivity contribution in [3.63, 3.8) is 0 Å². The average molecular weight is 446 g/mol. The fraction of sp³-hybridized carbons (Fsp3) is 0.450. The Bertz CT molecular complexity index is 828. The van der Waals surface area contributed by atoms with Crippen molar-refractivity contribution in [3.05, 3.63) is 35.9 Å². The van der Waals surface area contributed by atoms with Crippen LogP contribution in [0.25, 0.3) is 0 Å². The predicted octanol–water partition coefficient (Wildman–Crippen LogP) is -1.72. The number of carboxylic acid groups (broad SMARTS) is 1. The van der Waals surface area contributed by atoms with Crippen molar-refractivity contribution >= 4 is 37.0 Å². The maximum absolute atomic E-state index is 12.5. The number of nitrogens with two attached hydrogens (primary N) is 1. The molecule has 1 aromatic rings. The molecular formula is C20H29BN5O6. The van der Waals surface area contributed by atoms with E-state index < -0.39 is 48.4 Å². The van der Waals surface area contributed by atoms with Gasteiger partial charge in [0.15, 0.2) is 0 Å². The van der Waals surface area contributed by atoms with E-state index in [-0.39, 0.29) is 18.7 Å². The molecule has 0 saturated carbocycles. The molecule has 1 aromatic carbocycles. The molecule has 32 heavy (non-hydrogen) atoms. The van der Waals surface area contributed by atoms with E-state index in [1.54, 1.807) is 51.1 Å². The molecule has 0 fully saturated rings. The number of hydrogen-bond donors (Lipinski definition) is 5. The molecule has 0 bridgehead atoms. The van der Waals surface area contributed by atoms with Crippen LogP contribution in [0, 0.1) is 0 Å². The van der Waals surface area contributed by atoms with Crippen LogP contribution in [0.2, 0.25) is 0 Å². The van der Waals surface area contributed by atoms with Crippen molar-refractivity contribution in [1.29, 1.82) is 0 Å². The van der Waals surface area contributed by atoms with E-state index in [0.717, 1.165) is 0 Å². The van der Waals surface area contributed by atoms with Gasteiger partial charge in [-0.3, -0.25) is 4.79 Å². The van der Waals surface area contributed by atoms with Gasteiger partial charge in [0.2, 0.25) is 0 Å². The van der Waals surface area contributed by atoms with Crippen LogP contribution in [0.3, 0.4) is 0 Å². The Morgan fingerprint density at radius 3 is 2.25 bits per heavy atom. The van der Waals surface area contributed by atoms with Gasteiger partial charge in [0.05, 0.1) is 0 Å². The van der Waals surface area contributed by atoms with E-state index in [2.05, 4.69) is 16.0 Å². The summed E-state index contributed by atoms with van der Waals surface area (Å²) in [6.45, 7) is 4.02. The third-order valence-electron chi connectivity index (χ3n) is 3.89. The summed E-state index contributed by atoms with van der Waals surface area (Å²) in [4.78, 5) is 47.6. The summed E-state index contributed by atoms with van der Waals surface area (Å²) in [7, 11) is 5.63. The van der Waals surface area contributed by atoms with Crippen molar-refractivity contribution in [3.8, 4) is 0 Å². The van der Waals surface area contributed by atoms with Gasteiger partial charge in [-0.15, -0.1) is 0 Å². The van der Waals surface area contributed by atoms with Crippen LogP contribution in [0.15, 0.2) is 30.3 Å². The Kier molecular flexibility index (Phi) is 10.4. The fourth-order valence-electron chi connectivity index (χ4n) is 2.47. The van der Waals surface area contributed by atoms with E-state index in [1.165, 1.54) is 0 Å². The summed E-state index contributed by atoms with van der Waals surface area (Å²) >= 11 is 0. The predicted molar refractivity (Wildman–Crippen MR) is 118 cm³/mol. The number of rotatable bonds is 12. The molecular weight excluding hydrogens is 417 g/mol. The second-order valence-electron chi connectivity index (χ2n) is 7.83. The first-order valence-electron chi connectivity index (χ1n) is 9.81. The van der Waals surface area contributed by atoms with Crippen molar-refractivity contribution in [2.45, 2.75) is 38.8 Å². The zero-order valence-corrected chi connectivity index (χ0v) is 18.4. The number of carbonyl (C=O) groups excluding carboxylic acids is 3. The van der Waals surface area contributed by atoms with E-state index in [9.17, 15) is 19.2 Å². The summed E-state index contributed by atoms with van der Waals surface area (Å²) in [6.07, 6.45) is 0.0552. The monoisotopic (exact) mass is 446 g/mol. The van der Waals surface area contributed by atoms with Gasteiger partial charge < -0.3 is 5.11 Å². The molecule has 1 rings (SSSR count). The van der Waals surface area contributed by atoms with Crippen molar-refractivity contribution in [1.82, 2.24) is 21.0 Å².